The summed E-state index contributed by atoms with van der Waals surface area (Å²) >= 11 is 0. The zero-order valence-corrected chi connectivity index (χ0v) is 6.70. The van der Waals surface area contributed by atoms with Crippen molar-refractivity contribution in [3.05, 3.63) is 10.1 Å². The minimum Gasteiger partial charge on any atom is -0.306 e. The fourth-order valence-electron chi connectivity index (χ4n) is 0.550. The van der Waals surface area contributed by atoms with E-state index < -0.39 is 0 Å². The van der Waals surface area contributed by atoms with E-state index in [-0.39, 0.29) is 11.5 Å². The van der Waals surface area contributed by atoms with Crippen molar-refractivity contribution in [2.45, 2.75) is 19.4 Å². The van der Waals surface area contributed by atoms with Gasteiger partial charge in [0, 0.05) is 17.4 Å². The van der Waals surface area contributed by atoms with Gasteiger partial charge in [0.15, 0.2) is 0 Å². The van der Waals surface area contributed by atoms with Gasteiger partial charge in [0.2, 0.25) is 6.54 Å². The first-order valence-corrected chi connectivity index (χ1v) is 3.32. The largest absolute Gasteiger partial charge is 0.306 e. The van der Waals surface area contributed by atoms with Gasteiger partial charge in [-0.3, -0.25) is 10.1 Å². The van der Waals surface area contributed by atoms with Gasteiger partial charge in [-0.15, -0.1) is 0 Å². The quantitative estimate of drug-likeness (QED) is 0.431. The van der Waals surface area contributed by atoms with Crippen LogP contribution in [0.5, 0.6) is 0 Å². The molecule has 0 saturated carbocycles. The van der Waals surface area contributed by atoms with Crippen LogP contribution >= 0.6 is 0 Å². The van der Waals surface area contributed by atoms with E-state index in [4.69, 9.17) is 0 Å². The molecule has 0 N–H and O–H groups in total. The van der Waals surface area contributed by atoms with Crippen LogP contribution in [-0.2, 0) is 0 Å². The minimum absolute atomic E-state index is 0.0688. The molecule has 0 fully saturated rings. The average molecular weight is 146 g/mol. The second kappa shape index (κ2) is 4.22. The van der Waals surface area contributed by atoms with Crippen LogP contribution in [0.4, 0.5) is 0 Å². The highest BCUT2D eigenvalue weighted by molar-refractivity contribution is 4.56. The Morgan fingerprint density at radius 2 is 2.10 bits per heavy atom. The third-order valence-corrected chi connectivity index (χ3v) is 1.61. The van der Waals surface area contributed by atoms with Crippen LogP contribution in [0, 0.1) is 10.1 Å². The molecule has 0 saturated heterocycles. The van der Waals surface area contributed by atoms with Gasteiger partial charge >= 0.3 is 0 Å². The van der Waals surface area contributed by atoms with E-state index in [0.717, 1.165) is 0 Å². The summed E-state index contributed by atoms with van der Waals surface area (Å²) in [5.74, 6) is 0. The summed E-state index contributed by atoms with van der Waals surface area (Å²) in [6.07, 6.45) is 0.625. The molecular formula is C6H14N2O2. The molecule has 0 aliphatic rings. The predicted molar refractivity (Wildman–Crippen MR) is 39.6 cm³/mol. The summed E-state index contributed by atoms with van der Waals surface area (Å²) in [5, 5.41) is 9.91. The van der Waals surface area contributed by atoms with Crippen molar-refractivity contribution in [2.24, 2.45) is 0 Å². The first-order valence-electron chi connectivity index (χ1n) is 3.32. The fourth-order valence-corrected chi connectivity index (χ4v) is 0.550. The van der Waals surface area contributed by atoms with Gasteiger partial charge < -0.3 is 4.90 Å². The lowest BCUT2D eigenvalue weighted by molar-refractivity contribution is -0.481. The van der Waals surface area contributed by atoms with E-state index in [1.807, 2.05) is 25.9 Å². The van der Waals surface area contributed by atoms with Crippen LogP contribution in [0.3, 0.4) is 0 Å². The number of nitrogens with zero attached hydrogens (tertiary/aromatic N) is 2. The SMILES string of the molecule is CC(CC[N+](=O)[O-])N(C)C. The fraction of sp³-hybridized carbons (Fsp3) is 1.00. The lowest BCUT2D eigenvalue weighted by atomic mass is 10.2. The Kier molecular flexibility index (Phi) is 3.95. The molecule has 0 bridgehead atoms. The Morgan fingerprint density at radius 3 is 2.40 bits per heavy atom. The summed E-state index contributed by atoms with van der Waals surface area (Å²) in [6.45, 7) is 2.04. The maximum absolute atomic E-state index is 9.91. The molecule has 0 aromatic heterocycles. The monoisotopic (exact) mass is 146 g/mol. The lowest BCUT2D eigenvalue weighted by Crippen LogP contribution is -2.26. The van der Waals surface area contributed by atoms with Gasteiger partial charge in [-0.05, 0) is 21.0 Å². The van der Waals surface area contributed by atoms with E-state index in [1.54, 1.807) is 0 Å². The van der Waals surface area contributed by atoms with Crippen LogP contribution in [0.15, 0.2) is 0 Å². The van der Waals surface area contributed by atoms with Crippen molar-refractivity contribution < 1.29 is 4.92 Å². The zero-order valence-electron chi connectivity index (χ0n) is 6.70. The van der Waals surface area contributed by atoms with Gasteiger partial charge in [0.25, 0.3) is 0 Å². The van der Waals surface area contributed by atoms with E-state index in [9.17, 15) is 10.1 Å². The molecule has 60 valence electrons. The Bertz CT molecular complexity index is 114. The molecule has 0 spiro atoms. The molecule has 0 aliphatic heterocycles. The summed E-state index contributed by atoms with van der Waals surface area (Å²) in [4.78, 5) is 11.6. The van der Waals surface area contributed by atoms with Crippen molar-refractivity contribution in [3.63, 3.8) is 0 Å². The lowest BCUT2D eigenvalue weighted by Gasteiger charge is -2.16. The zero-order chi connectivity index (χ0) is 8.15. The molecule has 10 heavy (non-hydrogen) atoms. The topological polar surface area (TPSA) is 46.4 Å². The molecule has 0 radical (unpaired) electrons. The molecule has 0 aromatic carbocycles. The molecule has 0 rings (SSSR count). The summed E-state index contributed by atoms with van der Waals surface area (Å²) in [7, 11) is 3.84. The van der Waals surface area contributed by atoms with E-state index in [2.05, 4.69) is 0 Å². The Morgan fingerprint density at radius 1 is 1.60 bits per heavy atom. The van der Waals surface area contributed by atoms with Crippen LogP contribution in [0.25, 0.3) is 0 Å². The Hall–Kier alpha value is -0.640. The summed E-state index contributed by atoms with van der Waals surface area (Å²) < 4.78 is 0. The third kappa shape index (κ3) is 4.26. The normalized spacial score (nSPS) is 13.6. The maximum atomic E-state index is 9.91. The highest BCUT2D eigenvalue weighted by Gasteiger charge is 2.07. The highest BCUT2D eigenvalue weighted by Crippen LogP contribution is 1.96. The molecule has 4 nitrogen and oxygen atoms in total. The van der Waals surface area contributed by atoms with Crippen LogP contribution in [0.2, 0.25) is 0 Å². The van der Waals surface area contributed by atoms with E-state index >= 15 is 0 Å². The number of nitro groups is 1. The van der Waals surface area contributed by atoms with Crippen molar-refractivity contribution in [3.8, 4) is 0 Å². The van der Waals surface area contributed by atoms with Crippen molar-refractivity contribution in [1.29, 1.82) is 0 Å². The molecule has 4 heteroatoms. The van der Waals surface area contributed by atoms with Crippen LogP contribution in [0.1, 0.15) is 13.3 Å². The first-order chi connectivity index (χ1) is 4.54. The second-order valence-electron chi connectivity index (χ2n) is 2.66. The van der Waals surface area contributed by atoms with Crippen molar-refractivity contribution in [1.82, 2.24) is 4.90 Å². The van der Waals surface area contributed by atoms with Crippen LogP contribution < -0.4 is 0 Å². The Balaban J connectivity index is 3.39. The predicted octanol–water partition coefficient (Wildman–Crippen LogP) is 0.603. The smallest absolute Gasteiger partial charge is 0.205 e. The Labute approximate surface area is 61.0 Å². The first kappa shape index (κ1) is 9.36. The molecule has 0 amide bonds. The van der Waals surface area contributed by atoms with Gasteiger partial charge in [-0.25, -0.2) is 0 Å². The average Bonchev–Trinajstić information content (AvgIpc) is 1.82. The maximum Gasteiger partial charge on any atom is 0.205 e. The van der Waals surface area contributed by atoms with Crippen LogP contribution in [-0.4, -0.2) is 36.5 Å². The molecule has 1 atom stereocenters. The minimum atomic E-state index is -0.278. The molecular weight excluding hydrogens is 132 g/mol. The molecule has 0 aromatic rings. The van der Waals surface area contributed by atoms with Crippen molar-refractivity contribution >= 4 is 0 Å². The summed E-state index contributed by atoms with van der Waals surface area (Å²) in [6, 6.07) is 0.297. The molecule has 1 unspecified atom stereocenters. The third-order valence-electron chi connectivity index (χ3n) is 1.61. The van der Waals surface area contributed by atoms with Gasteiger partial charge in [-0.1, -0.05) is 0 Å². The van der Waals surface area contributed by atoms with E-state index in [0.29, 0.717) is 12.5 Å². The standard InChI is InChI=1S/C6H14N2O2/c1-6(7(2)3)4-5-8(9)10/h6H,4-5H2,1-3H3. The second-order valence-corrected chi connectivity index (χ2v) is 2.66. The van der Waals surface area contributed by atoms with Gasteiger partial charge in [-0.2, -0.15) is 0 Å². The highest BCUT2D eigenvalue weighted by atomic mass is 16.6. The van der Waals surface area contributed by atoms with E-state index in [1.165, 1.54) is 0 Å². The van der Waals surface area contributed by atoms with Gasteiger partial charge in [0.05, 0.1) is 0 Å². The number of hydrogen-bond donors (Lipinski definition) is 0. The van der Waals surface area contributed by atoms with Crippen molar-refractivity contribution in [2.75, 3.05) is 20.6 Å². The number of rotatable bonds is 4. The summed E-state index contributed by atoms with van der Waals surface area (Å²) in [5.41, 5.74) is 0. The van der Waals surface area contributed by atoms with Gasteiger partial charge in [0.1, 0.15) is 0 Å². The molecule has 0 aliphatic carbocycles. The molecule has 0 heterocycles. The number of hydrogen-bond acceptors (Lipinski definition) is 3.